The van der Waals surface area contributed by atoms with Crippen LogP contribution in [0.5, 0.6) is 5.75 Å². The van der Waals surface area contributed by atoms with E-state index < -0.39 is 5.60 Å². The quantitative estimate of drug-likeness (QED) is 0.577. The van der Waals surface area contributed by atoms with Crippen LogP contribution in [0.3, 0.4) is 0 Å². The van der Waals surface area contributed by atoms with Crippen LogP contribution in [-0.4, -0.2) is 26.6 Å². The van der Waals surface area contributed by atoms with Crippen LogP contribution < -0.4 is 4.74 Å². The van der Waals surface area contributed by atoms with E-state index in [-0.39, 0.29) is 6.29 Å². The number of ether oxygens (including phenoxy) is 4. The summed E-state index contributed by atoms with van der Waals surface area (Å²) in [6.45, 7) is 3.59. The van der Waals surface area contributed by atoms with E-state index in [2.05, 4.69) is 61.5 Å². The highest BCUT2D eigenvalue weighted by atomic mass is 16.7. The second kappa shape index (κ2) is 8.31. The fourth-order valence-electron chi connectivity index (χ4n) is 3.67. The zero-order valence-corrected chi connectivity index (χ0v) is 16.4. The molecule has 4 rings (SSSR count). The Kier molecular flexibility index (Phi) is 5.62. The minimum atomic E-state index is -0.453. The Morgan fingerprint density at radius 2 is 1.86 bits per heavy atom. The van der Waals surface area contributed by atoms with Gasteiger partial charge in [0.05, 0.1) is 13.2 Å². The summed E-state index contributed by atoms with van der Waals surface area (Å²) in [5.74, 6) is 0.831. The maximum atomic E-state index is 6.19. The molecule has 4 nitrogen and oxygen atoms in total. The standard InChI is InChI=1S/C24H26O4/c1-3-24(17-27-23(28-24)16-25-2)21-9-6-10-22(14-21)26-15-18-11-12-19-7-4-5-8-20(19)13-18/h4-14,23H,3,15-17H2,1-2H3. The van der Waals surface area contributed by atoms with Crippen LogP contribution in [0, 0.1) is 0 Å². The molecule has 1 aliphatic rings. The Hall–Kier alpha value is -2.40. The molecule has 4 heteroatoms. The molecule has 0 aliphatic carbocycles. The minimum Gasteiger partial charge on any atom is -0.489 e. The molecular formula is C24H26O4. The molecule has 1 heterocycles. The maximum Gasteiger partial charge on any atom is 0.182 e. The molecule has 1 fully saturated rings. The van der Waals surface area contributed by atoms with Crippen molar-refractivity contribution in [2.45, 2.75) is 31.8 Å². The Morgan fingerprint density at radius 3 is 2.68 bits per heavy atom. The fraction of sp³-hybridized carbons (Fsp3) is 0.333. The summed E-state index contributed by atoms with van der Waals surface area (Å²) < 4.78 is 23.2. The molecule has 146 valence electrons. The highest BCUT2D eigenvalue weighted by molar-refractivity contribution is 5.82. The smallest absolute Gasteiger partial charge is 0.182 e. The Balaban J connectivity index is 1.48. The monoisotopic (exact) mass is 378 g/mol. The van der Waals surface area contributed by atoms with E-state index in [4.69, 9.17) is 18.9 Å². The van der Waals surface area contributed by atoms with Gasteiger partial charge < -0.3 is 18.9 Å². The molecule has 28 heavy (non-hydrogen) atoms. The van der Waals surface area contributed by atoms with Gasteiger partial charge in [-0.25, -0.2) is 0 Å². The van der Waals surface area contributed by atoms with Gasteiger partial charge >= 0.3 is 0 Å². The number of hydrogen-bond donors (Lipinski definition) is 0. The molecular weight excluding hydrogens is 352 g/mol. The van der Waals surface area contributed by atoms with Crippen molar-refractivity contribution in [3.05, 3.63) is 77.9 Å². The first kappa shape index (κ1) is 18.9. The molecule has 3 aromatic rings. The van der Waals surface area contributed by atoms with Crippen LogP contribution in [0.25, 0.3) is 10.8 Å². The van der Waals surface area contributed by atoms with Crippen LogP contribution in [0.1, 0.15) is 24.5 Å². The van der Waals surface area contributed by atoms with Crippen molar-refractivity contribution in [3.63, 3.8) is 0 Å². The second-order valence-electron chi connectivity index (χ2n) is 7.16. The third kappa shape index (κ3) is 3.90. The van der Waals surface area contributed by atoms with Crippen molar-refractivity contribution < 1.29 is 18.9 Å². The SMILES string of the molecule is CCC1(c2cccc(OCc3ccc4ccccc4c3)c2)COC(COC)O1. The van der Waals surface area contributed by atoms with Gasteiger partial charge in [-0.05, 0) is 46.5 Å². The summed E-state index contributed by atoms with van der Waals surface area (Å²) in [6.07, 6.45) is 0.494. The van der Waals surface area contributed by atoms with E-state index in [0.717, 1.165) is 23.3 Å². The van der Waals surface area contributed by atoms with Gasteiger partial charge in [-0.15, -0.1) is 0 Å². The number of fused-ring (bicyclic) bond motifs is 1. The molecule has 0 N–H and O–H groups in total. The second-order valence-corrected chi connectivity index (χ2v) is 7.16. The average molecular weight is 378 g/mol. The fourth-order valence-corrected chi connectivity index (χ4v) is 3.67. The lowest BCUT2D eigenvalue weighted by Gasteiger charge is -2.27. The van der Waals surface area contributed by atoms with E-state index >= 15 is 0 Å². The first-order valence-corrected chi connectivity index (χ1v) is 9.72. The molecule has 2 unspecified atom stereocenters. The maximum absolute atomic E-state index is 6.19. The molecule has 0 spiro atoms. The van der Waals surface area contributed by atoms with Crippen molar-refractivity contribution in [2.75, 3.05) is 20.3 Å². The number of hydrogen-bond acceptors (Lipinski definition) is 4. The summed E-state index contributed by atoms with van der Waals surface area (Å²) in [6, 6.07) is 22.9. The molecule has 1 aliphatic heterocycles. The predicted molar refractivity (Wildman–Crippen MR) is 109 cm³/mol. The van der Waals surface area contributed by atoms with Gasteiger partial charge in [0.2, 0.25) is 0 Å². The zero-order chi connectivity index (χ0) is 19.4. The minimum absolute atomic E-state index is 0.327. The van der Waals surface area contributed by atoms with Gasteiger partial charge in [-0.3, -0.25) is 0 Å². The average Bonchev–Trinajstić information content (AvgIpc) is 3.17. The van der Waals surface area contributed by atoms with Crippen LogP contribution in [-0.2, 0) is 26.4 Å². The van der Waals surface area contributed by atoms with Crippen molar-refractivity contribution >= 4 is 10.8 Å². The van der Waals surface area contributed by atoms with Gasteiger partial charge in [0, 0.05) is 7.11 Å². The summed E-state index contributed by atoms with van der Waals surface area (Å²) in [5.41, 5.74) is 1.77. The largest absolute Gasteiger partial charge is 0.489 e. The van der Waals surface area contributed by atoms with E-state index in [9.17, 15) is 0 Å². The van der Waals surface area contributed by atoms with Crippen LogP contribution in [0.15, 0.2) is 66.7 Å². The number of rotatable bonds is 7. The molecule has 0 bridgehead atoms. The van der Waals surface area contributed by atoms with Crippen LogP contribution >= 0.6 is 0 Å². The third-order valence-electron chi connectivity index (χ3n) is 5.31. The summed E-state index contributed by atoms with van der Waals surface area (Å²) in [5, 5.41) is 2.46. The molecule has 0 saturated carbocycles. The molecule has 2 atom stereocenters. The molecule has 1 saturated heterocycles. The number of methoxy groups -OCH3 is 1. The zero-order valence-electron chi connectivity index (χ0n) is 16.4. The molecule has 3 aromatic carbocycles. The van der Waals surface area contributed by atoms with Gasteiger partial charge in [-0.2, -0.15) is 0 Å². The van der Waals surface area contributed by atoms with Gasteiger partial charge in [0.1, 0.15) is 18.0 Å². The molecule has 0 aromatic heterocycles. The van der Waals surface area contributed by atoms with Crippen LogP contribution in [0.4, 0.5) is 0 Å². The number of benzene rings is 3. The topological polar surface area (TPSA) is 36.9 Å². The van der Waals surface area contributed by atoms with Crippen molar-refractivity contribution in [2.24, 2.45) is 0 Å². The lowest BCUT2D eigenvalue weighted by Crippen LogP contribution is -2.29. The summed E-state index contributed by atoms with van der Waals surface area (Å²) >= 11 is 0. The van der Waals surface area contributed by atoms with Crippen molar-refractivity contribution in [3.8, 4) is 5.75 Å². The third-order valence-corrected chi connectivity index (χ3v) is 5.31. The van der Waals surface area contributed by atoms with Gasteiger partial charge in [-0.1, -0.05) is 55.5 Å². The van der Waals surface area contributed by atoms with E-state index in [1.807, 2.05) is 12.1 Å². The first-order valence-electron chi connectivity index (χ1n) is 9.72. The first-order chi connectivity index (χ1) is 13.7. The molecule has 0 amide bonds. The normalized spacial score (nSPS) is 21.9. The lowest BCUT2D eigenvalue weighted by molar-refractivity contribution is -0.123. The van der Waals surface area contributed by atoms with E-state index in [0.29, 0.717) is 19.8 Å². The highest BCUT2D eigenvalue weighted by Gasteiger charge is 2.41. The van der Waals surface area contributed by atoms with Gasteiger partial charge in [0.15, 0.2) is 6.29 Å². The van der Waals surface area contributed by atoms with E-state index in [1.54, 1.807) is 7.11 Å². The Labute approximate surface area is 166 Å². The summed E-state index contributed by atoms with van der Waals surface area (Å²) in [4.78, 5) is 0. The predicted octanol–water partition coefficient (Wildman–Crippen LogP) is 5.04. The van der Waals surface area contributed by atoms with Crippen molar-refractivity contribution in [1.82, 2.24) is 0 Å². The Bertz CT molecular complexity index is 939. The summed E-state index contributed by atoms with van der Waals surface area (Å²) in [7, 11) is 1.65. The van der Waals surface area contributed by atoms with Crippen LogP contribution in [0.2, 0.25) is 0 Å². The van der Waals surface area contributed by atoms with E-state index in [1.165, 1.54) is 10.8 Å². The Morgan fingerprint density at radius 1 is 1.00 bits per heavy atom. The highest BCUT2D eigenvalue weighted by Crippen LogP contribution is 2.38. The lowest BCUT2D eigenvalue weighted by atomic mass is 9.92. The van der Waals surface area contributed by atoms with Crippen molar-refractivity contribution in [1.29, 1.82) is 0 Å². The molecule has 0 radical (unpaired) electrons. The van der Waals surface area contributed by atoms with Gasteiger partial charge in [0.25, 0.3) is 0 Å².